The van der Waals surface area contributed by atoms with Gasteiger partial charge in [-0.15, -0.1) is 0 Å². The van der Waals surface area contributed by atoms with E-state index < -0.39 is 62.4 Å². The third-order valence-electron chi connectivity index (χ3n) is 12.7. The molecule has 3 aliphatic heterocycles. The van der Waals surface area contributed by atoms with Crippen molar-refractivity contribution in [3.8, 4) is 0 Å². The normalized spacial score (nSPS) is 34.5. The minimum atomic E-state index is -3.27. The van der Waals surface area contributed by atoms with Crippen molar-refractivity contribution in [1.82, 2.24) is 26.2 Å². The topological polar surface area (TPSA) is 171 Å². The number of hydrogen-bond acceptors (Lipinski definition) is 7. The maximum Gasteiger partial charge on any atom is 0.315 e. The third kappa shape index (κ3) is 7.81. The van der Waals surface area contributed by atoms with E-state index in [-0.39, 0.29) is 35.0 Å². The fourth-order valence-corrected chi connectivity index (χ4v) is 11.2. The highest BCUT2D eigenvalue weighted by molar-refractivity contribution is 7.93. The molecule has 6 rings (SSSR count). The van der Waals surface area contributed by atoms with Crippen molar-refractivity contribution in [2.75, 3.05) is 12.3 Å². The molecule has 0 aromatic carbocycles. The second-order valence-electron chi connectivity index (χ2n) is 16.5. The number of urea groups is 1. The largest absolute Gasteiger partial charge is 0.347 e. The van der Waals surface area contributed by atoms with Gasteiger partial charge in [-0.2, -0.15) is 0 Å². The number of fused-ring (bicyclic) bond motifs is 3. The monoisotopic (exact) mass is 703 g/mol. The SMILES string of the molecule is CC1(C)[C@@H]2[C@H]3C(=O)N[C@H](C(=O)C(=O)NC4CC4)CCCCCCCCCC[C@H](NC(=O)NC4([C@H]5CCS5(=O)=O)CCCCC4)C(=O)N3C[C@@H]21. The van der Waals surface area contributed by atoms with E-state index in [2.05, 4.69) is 35.1 Å². The molecule has 0 unspecified atom stereocenters. The lowest BCUT2D eigenvalue weighted by molar-refractivity contribution is -0.144. The van der Waals surface area contributed by atoms with Crippen LogP contribution in [0.25, 0.3) is 0 Å². The first kappa shape index (κ1) is 36.1. The highest BCUT2D eigenvalue weighted by atomic mass is 32.2. The Hall–Kier alpha value is -2.70. The smallest absolute Gasteiger partial charge is 0.315 e. The zero-order valence-electron chi connectivity index (χ0n) is 29.4. The van der Waals surface area contributed by atoms with Crippen LogP contribution in [0.4, 0.5) is 4.79 Å². The van der Waals surface area contributed by atoms with Gasteiger partial charge in [0.2, 0.25) is 17.6 Å². The van der Waals surface area contributed by atoms with E-state index in [0.29, 0.717) is 45.1 Å². The van der Waals surface area contributed by atoms with Gasteiger partial charge in [0, 0.05) is 12.6 Å². The second kappa shape index (κ2) is 14.5. The molecule has 274 valence electrons. The fourth-order valence-electron chi connectivity index (χ4n) is 9.38. The van der Waals surface area contributed by atoms with E-state index >= 15 is 0 Å². The number of nitrogens with one attached hydrogen (secondary N) is 4. The molecule has 3 saturated heterocycles. The standard InChI is InChI=1S/C36H57N5O7S/c1-35(2)24-22-41-29(28(24)35)31(43)38-25(30(42)32(44)37-23-16-17-23)14-10-7-5-3-4-6-8-11-15-26(33(41)45)39-34(46)40-36(19-12-9-13-20-36)27-18-21-49(27,47)48/h23-29H,3-22H2,1-2H3,(H,37,44)(H,38,43)(H2,39,40,46)/t24-,25-,26-,27+,28-,29-/m0/s1. The summed E-state index contributed by atoms with van der Waals surface area (Å²) < 4.78 is 25.5. The number of Topliss-reactive ketones (excluding diaryl/α,β-unsaturated/α-hetero) is 1. The van der Waals surface area contributed by atoms with Gasteiger partial charge in [-0.1, -0.05) is 84.5 Å². The molecule has 49 heavy (non-hydrogen) atoms. The number of amides is 5. The Morgan fingerprint density at radius 1 is 0.796 bits per heavy atom. The van der Waals surface area contributed by atoms with E-state index in [1.165, 1.54) is 0 Å². The van der Waals surface area contributed by atoms with Crippen LogP contribution in [0.1, 0.15) is 129 Å². The van der Waals surface area contributed by atoms with Crippen LogP contribution < -0.4 is 21.3 Å². The number of carbonyl (C=O) groups is 5. The first-order valence-corrected chi connectivity index (χ1v) is 20.8. The highest BCUT2D eigenvalue weighted by Gasteiger charge is 2.69. The summed E-state index contributed by atoms with van der Waals surface area (Å²) in [6.45, 7) is 4.55. The molecule has 12 nitrogen and oxygen atoms in total. The molecule has 6 atom stereocenters. The highest BCUT2D eigenvalue weighted by Crippen LogP contribution is 2.65. The quantitative estimate of drug-likeness (QED) is 0.308. The van der Waals surface area contributed by atoms with E-state index in [1.54, 1.807) is 4.90 Å². The van der Waals surface area contributed by atoms with Gasteiger partial charge in [0.15, 0.2) is 9.84 Å². The van der Waals surface area contributed by atoms with Gasteiger partial charge in [-0.05, 0) is 62.2 Å². The average Bonchev–Trinajstić information content (AvgIpc) is 3.90. The van der Waals surface area contributed by atoms with E-state index in [4.69, 9.17) is 0 Å². The van der Waals surface area contributed by atoms with Crippen LogP contribution in [0.5, 0.6) is 0 Å². The molecule has 0 bridgehead atoms. The van der Waals surface area contributed by atoms with Crippen molar-refractivity contribution < 1.29 is 32.4 Å². The minimum absolute atomic E-state index is 0.0194. The Morgan fingerprint density at radius 3 is 2.00 bits per heavy atom. The predicted octanol–water partition coefficient (Wildman–Crippen LogP) is 3.27. The molecule has 3 aliphatic carbocycles. The Morgan fingerprint density at radius 2 is 1.41 bits per heavy atom. The Bertz CT molecular complexity index is 1410. The van der Waals surface area contributed by atoms with Gasteiger partial charge in [0.25, 0.3) is 5.91 Å². The van der Waals surface area contributed by atoms with Crippen LogP contribution in [0.2, 0.25) is 0 Å². The summed E-state index contributed by atoms with van der Waals surface area (Å²) in [6.07, 6.45) is 14.2. The maximum atomic E-state index is 14.4. The summed E-state index contributed by atoms with van der Waals surface area (Å²) in [5, 5.41) is 11.1. The predicted molar refractivity (Wildman–Crippen MR) is 184 cm³/mol. The lowest BCUT2D eigenvalue weighted by atomic mass is 9.78. The lowest BCUT2D eigenvalue weighted by Gasteiger charge is -2.47. The Balaban J connectivity index is 1.21. The summed E-state index contributed by atoms with van der Waals surface area (Å²) in [7, 11) is -3.27. The molecule has 4 N–H and O–H groups in total. The van der Waals surface area contributed by atoms with Crippen molar-refractivity contribution in [1.29, 1.82) is 0 Å². The van der Waals surface area contributed by atoms with E-state index in [9.17, 15) is 32.4 Å². The van der Waals surface area contributed by atoms with Crippen LogP contribution in [-0.2, 0) is 29.0 Å². The molecule has 13 heteroatoms. The van der Waals surface area contributed by atoms with Crippen LogP contribution in [-0.4, -0.2) is 90.1 Å². The second-order valence-corrected chi connectivity index (χ2v) is 18.8. The summed E-state index contributed by atoms with van der Waals surface area (Å²) in [5.74, 6) is -1.91. The summed E-state index contributed by atoms with van der Waals surface area (Å²) >= 11 is 0. The molecule has 0 radical (unpaired) electrons. The Labute approximate surface area is 291 Å². The fraction of sp³-hybridized carbons (Fsp3) is 0.861. The van der Waals surface area contributed by atoms with Crippen molar-refractivity contribution in [2.24, 2.45) is 17.3 Å². The van der Waals surface area contributed by atoms with Crippen molar-refractivity contribution in [3.63, 3.8) is 0 Å². The van der Waals surface area contributed by atoms with Crippen molar-refractivity contribution >= 4 is 39.4 Å². The number of carbonyl (C=O) groups excluding carboxylic acids is 5. The molecule has 3 saturated carbocycles. The number of sulfone groups is 1. The number of ketones is 1. The summed E-state index contributed by atoms with van der Waals surface area (Å²) in [6, 6.07) is -3.18. The van der Waals surface area contributed by atoms with Gasteiger partial charge >= 0.3 is 6.03 Å². The third-order valence-corrected chi connectivity index (χ3v) is 15.0. The number of piperidine rings is 1. The first-order chi connectivity index (χ1) is 23.3. The minimum Gasteiger partial charge on any atom is -0.347 e. The zero-order valence-corrected chi connectivity index (χ0v) is 30.2. The summed E-state index contributed by atoms with van der Waals surface area (Å²) in [4.78, 5) is 70.1. The number of rotatable bonds is 6. The molecule has 0 spiro atoms. The first-order valence-electron chi connectivity index (χ1n) is 19.1. The van der Waals surface area contributed by atoms with E-state index in [0.717, 1.165) is 77.0 Å². The van der Waals surface area contributed by atoms with Gasteiger partial charge in [0.1, 0.15) is 12.1 Å². The zero-order chi connectivity index (χ0) is 35.0. The molecule has 0 aromatic heterocycles. The molecular weight excluding hydrogens is 646 g/mol. The summed E-state index contributed by atoms with van der Waals surface area (Å²) in [5.41, 5.74) is -1.00. The van der Waals surface area contributed by atoms with Crippen molar-refractivity contribution in [2.45, 2.75) is 164 Å². The van der Waals surface area contributed by atoms with Gasteiger partial charge in [0.05, 0.1) is 22.6 Å². The average molecular weight is 704 g/mol. The van der Waals surface area contributed by atoms with E-state index in [1.807, 2.05) is 0 Å². The van der Waals surface area contributed by atoms with Crippen LogP contribution in [0.3, 0.4) is 0 Å². The molecule has 6 fully saturated rings. The van der Waals surface area contributed by atoms with Crippen molar-refractivity contribution in [3.05, 3.63) is 0 Å². The molecule has 6 aliphatic rings. The van der Waals surface area contributed by atoms with Crippen LogP contribution in [0, 0.1) is 17.3 Å². The molecular formula is C36H57N5O7S. The number of hydrogen-bond donors (Lipinski definition) is 4. The molecule has 5 amide bonds. The molecule has 0 aromatic rings. The Kier molecular flexibility index (Phi) is 10.7. The van der Waals surface area contributed by atoms with Gasteiger partial charge in [-0.25, -0.2) is 13.2 Å². The van der Waals surface area contributed by atoms with Gasteiger partial charge in [-0.3, -0.25) is 19.2 Å². The van der Waals surface area contributed by atoms with Crippen LogP contribution >= 0.6 is 0 Å². The molecule has 3 heterocycles. The number of nitrogens with zero attached hydrogens (tertiary/aromatic N) is 1. The van der Waals surface area contributed by atoms with Crippen LogP contribution in [0.15, 0.2) is 0 Å². The van der Waals surface area contributed by atoms with Gasteiger partial charge < -0.3 is 26.2 Å². The lowest BCUT2D eigenvalue weighted by Crippen LogP contribution is -2.66. The maximum absolute atomic E-state index is 14.4.